The van der Waals surface area contributed by atoms with Gasteiger partial charge in [-0.15, -0.1) is 0 Å². The molecular weight excluding hydrogens is 216 g/mol. The zero-order valence-electron chi connectivity index (χ0n) is 10.3. The van der Waals surface area contributed by atoms with Crippen LogP contribution in [0.25, 0.3) is 0 Å². The Balaban J connectivity index is 1.67. The van der Waals surface area contributed by atoms with Crippen molar-refractivity contribution in [3.05, 3.63) is 18.3 Å². The minimum Gasteiger partial charge on any atom is -0.491 e. The molecule has 0 radical (unpaired) electrons. The Kier molecular flexibility index (Phi) is 4.17. The van der Waals surface area contributed by atoms with Crippen molar-refractivity contribution in [1.82, 2.24) is 14.8 Å². The maximum Gasteiger partial charge on any atom is 0.137 e. The van der Waals surface area contributed by atoms with Crippen molar-refractivity contribution >= 4 is 5.82 Å². The van der Waals surface area contributed by atoms with Gasteiger partial charge in [-0.1, -0.05) is 0 Å². The number of likely N-dealkylation sites (N-methyl/N-ethyl adjacent to an activating group) is 1. The molecule has 1 saturated heterocycles. The normalized spacial score (nSPS) is 18.2. The summed E-state index contributed by atoms with van der Waals surface area (Å²) >= 11 is 0. The third-order valence-corrected chi connectivity index (χ3v) is 3.03. The molecule has 0 aliphatic carbocycles. The van der Waals surface area contributed by atoms with Crippen molar-refractivity contribution in [2.75, 3.05) is 52.1 Å². The SMILES string of the molecule is CN1CCN(CCOc2ccc(N)nc2)CC1. The van der Waals surface area contributed by atoms with E-state index in [1.807, 2.05) is 6.07 Å². The highest BCUT2D eigenvalue weighted by Gasteiger charge is 2.12. The van der Waals surface area contributed by atoms with E-state index in [-0.39, 0.29) is 0 Å². The summed E-state index contributed by atoms with van der Waals surface area (Å²) in [6.07, 6.45) is 1.67. The topological polar surface area (TPSA) is 54.6 Å². The molecule has 1 aliphatic rings. The smallest absolute Gasteiger partial charge is 0.137 e. The highest BCUT2D eigenvalue weighted by atomic mass is 16.5. The molecule has 0 atom stereocenters. The van der Waals surface area contributed by atoms with Gasteiger partial charge in [0.1, 0.15) is 18.2 Å². The molecule has 0 bridgehead atoms. The Morgan fingerprint density at radius 2 is 2.06 bits per heavy atom. The summed E-state index contributed by atoms with van der Waals surface area (Å²) < 4.78 is 5.62. The summed E-state index contributed by atoms with van der Waals surface area (Å²) in [5.74, 6) is 1.31. The van der Waals surface area contributed by atoms with Crippen molar-refractivity contribution in [2.24, 2.45) is 0 Å². The fraction of sp³-hybridized carbons (Fsp3) is 0.583. The Morgan fingerprint density at radius 3 is 2.71 bits per heavy atom. The number of nitrogens with zero attached hydrogens (tertiary/aromatic N) is 3. The van der Waals surface area contributed by atoms with Crippen LogP contribution in [0.2, 0.25) is 0 Å². The standard InChI is InChI=1S/C12H20N4O/c1-15-4-6-16(7-5-15)8-9-17-11-2-3-12(13)14-10-11/h2-3,10H,4-9H2,1H3,(H2,13,14). The number of anilines is 1. The molecule has 0 aromatic carbocycles. The molecule has 0 spiro atoms. The number of nitrogens with two attached hydrogens (primary N) is 1. The van der Waals surface area contributed by atoms with E-state index in [0.717, 1.165) is 38.5 Å². The van der Waals surface area contributed by atoms with Crippen LogP contribution in [0.15, 0.2) is 18.3 Å². The first-order valence-electron chi connectivity index (χ1n) is 5.99. The van der Waals surface area contributed by atoms with Crippen LogP contribution in [0.5, 0.6) is 5.75 Å². The van der Waals surface area contributed by atoms with E-state index in [1.54, 1.807) is 12.3 Å². The van der Waals surface area contributed by atoms with E-state index in [4.69, 9.17) is 10.5 Å². The van der Waals surface area contributed by atoms with Gasteiger partial charge in [0.15, 0.2) is 0 Å². The van der Waals surface area contributed by atoms with Gasteiger partial charge in [-0.05, 0) is 19.2 Å². The van der Waals surface area contributed by atoms with Gasteiger partial charge in [0.05, 0.1) is 6.20 Å². The van der Waals surface area contributed by atoms with Gasteiger partial charge < -0.3 is 15.4 Å². The monoisotopic (exact) mass is 236 g/mol. The molecule has 0 amide bonds. The summed E-state index contributed by atoms with van der Waals surface area (Å²) in [7, 11) is 2.16. The predicted octanol–water partition coefficient (Wildman–Crippen LogP) is 0.290. The van der Waals surface area contributed by atoms with Crippen molar-refractivity contribution in [1.29, 1.82) is 0 Å². The lowest BCUT2D eigenvalue weighted by atomic mass is 10.3. The van der Waals surface area contributed by atoms with E-state index in [0.29, 0.717) is 12.4 Å². The lowest BCUT2D eigenvalue weighted by Crippen LogP contribution is -2.45. The second-order valence-electron chi connectivity index (χ2n) is 4.41. The van der Waals surface area contributed by atoms with E-state index in [9.17, 15) is 0 Å². The first-order valence-corrected chi connectivity index (χ1v) is 5.99. The first-order chi connectivity index (χ1) is 8.24. The van der Waals surface area contributed by atoms with Gasteiger partial charge in [-0.25, -0.2) is 4.98 Å². The lowest BCUT2D eigenvalue weighted by molar-refractivity contribution is 0.133. The number of hydrogen-bond donors (Lipinski definition) is 1. The van der Waals surface area contributed by atoms with E-state index >= 15 is 0 Å². The zero-order chi connectivity index (χ0) is 12.1. The van der Waals surface area contributed by atoms with Gasteiger partial charge in [0.2, 0.25) is 0 Å². The first kappa shape index (κ1) is 12.1. The summed E-state index contributed by atoms with van der Waals surface area (Å²) in [6.45, 7) is 6.21. The molecule has 2 N–H and O–H groups in total. The summed E-state index contributed by atoms with van der Waals surface area (Å²) in [5, 5.41) is 0. The predicted molar refractivity (Wildman–Crippen MR) is 68.1 cm³/mol. The zero-order valence-corrected chi connectivity index (χ0v) is 10.3. The number of piperazine rings is 1. The van der Waals surface area contributed by atoms with Crippen LogP contribution in [0.4, 0.5) is 5.82 Å². The number of ether oxygens (including phenoxy) is 1. The Morgan fingerprint density at radius 1 is 1.29 bits per heavy atom. The van der Waals surface area contributed by atoms with Gasteiger partial charge in [-0.3, -0.25) is 4.90 Å². The summed E-state index contributed by atoms with van der Waals surface area (Å²) in [5.41, 5.74) is 5.51. The molecule has 5 nitrogen and oxygen atoms in total. The molecule has 1 aliphatic heterocycles. The molecule has 0 saturated carbocycles. The molecule has 5 heteroatoms. The van der Waals surface area contributed by atoms with E-state index < -0.39 is 0 Å². The molecule has 0 unspecified atom stereocenters. The summed E-state index contributed by atoms with van der Waals surface area (Å²) in [4.78, 5) is 8.76. The molecule has 17 heavy (non-hydrogen) atoms. The van der Waals surface area contributed by atoms with Crippen molar-refractivity contribution < 1.29 is 4.74 Å². The van der Waals surface area contributed by atoms with Crippen molar-refractivity contribution in [3.8, 4) is 5.75 Å². The van der Waals surface area contributed by atoms with E-state index in [2.05, 4.69) is 21.8 Å². The Bertz CT molecular complexity index is 333. The van der Waals surface area contributed by atoms with Crippen LogP contribution in [-0.2, 0) is 0 Å². The van der Waals surface area contributed by atoms with Crippen LogP contribution in [0, 0.1) is 0 Å². The second-order valence-corrected chi connectivity index (χ2v) is 4.41. The second kappa shape index (κ2) is 5.84. The maximum atomic E-state index is 5.62. The van der Waals surface area contributed by atoms with Crippen LogP contribution >= 0.6 is 0 Å². The molecule has 94 valence electrons. The van der Waals surface area contributed by atoms with Crippen LogP contribution in [0.1, 0.15) is 0 Å². The largest absolute Gasteiger partial charge is 0.491 e. The average Bonchev–Trinajstić information content (AvgIpc) is 2.34. The highest BCUT2D eigenvalue weighted by molar-refractivity contribution is 5.32. The fourth-order valence-corrected chi connectivity index (χ4v) is 1.84. The minimum atomic E-state index is 0.524. The molecule has 1 fully saturated rings. The Labute approximate surface area is 102 Å². The van der Waals surface area contributed by atoms with Crippen LogP contribution < -0.4 is 10.5 Å². The number of nitrogen functional groups attached to an aromatic ring is 1. The quantitative estimate of drug-likeness (QED) is 0.814. The fourth-order valence-electron chi connectivity index (χ4n) is 1.84. The summed E-state index contributed by atoms with van der Waals surface area (Å²) in [6, 6.07) is 3.61. The van der Waals surface area contributed by atoms with Crippen LogP contribution in [-0.4, -0.2) is 61.2 Å². The molecule has 2 rings (SSSR count). The number of hydrogen-bond acceptors (Lipinski definition) is 5. The minimum absolute atomic E-state index is 0.524. The van der Waals surface area contributed by atoms with Gasteiger partial charge >= 0.3 is 0 Å². The Hall–Kier alpha value is -1.33. The molecule has 2 heterocycles. The average molecular weight is 236 g/mol. The van der Waals surface area contributed by atoms with Gasteiger partial charge in [-0.2, -0.15) is 0 Å². The van der Waals surface area contributed by atoms with Crippen molar-refractivity contribution in [2.45, 2.75) is 0 Å². The third-order valence-electron chi connectivity index (χ3n) is 3.03. The maximum absolute atomic E-state index is 5.62. The number of pyridine rings is 1. The lowest BCUT2D eigenvalue weighted by Gasteiger charge is -2.32. The molecule has 1 aromatic heterocycles. The van der Waals surface area contributed by atoms with Crippen LogP contribution in [0.3, 0.4) is 0 Å². The highest BCUT2D eigenvalue weighted by Crippen LogP contribution is 2.09. The van der Waals surface area contributed by atoms with Gasteiger partial charge in [0, 0.05) is 32.7 Å². The van der Waals surface area contributed by atoms with Gasteiger partial charge in [0.25, 0.3) is 0 Å². The van der Waals surface area contributed by atoms with Crippen molar-refractivity contribution in [3.63, 3.8) is 0 Å². The van der Waals surface area contributed by atoms with E-state index in [1.165, 1.54) is 0 Å². The number of aromatic nitrogens is 1. The third kappa shape index (κ3) is 3.87. The number of rotatable bonds is 4. The molecular formula is C12H20N4O. The molecule has 1 aromatic rings.